The molecule has 9 nitrogen and oxygen atoms in total. The average molecular weight is 445 g/mol. The fourth-order valence-corrected chi connectivity index (χ4v) is 3.39. The van der Waals surface area contributed by atoms with Gasteiger partial charge in [-0.1, -0.05) is 30.3 Å². The van der Waals surface area contributed by atoms with Gasteiger partial charge in [0.25, 0.3) is 5.91 Å². The normalized spacial score (nSPS) is 10.6. The van der Waals surface area contributed by atoms with Gasteiger partial charge in [0.15, 0.2) is 6.61 Å². The number of amides is 1. The Morgan fingerprint density at radius 1 is 1.03 bits per heavy atom. The first-order valence-corrected chi connectivity index (χ1v) is 10.2. The summed E-state index contributed by atoms with van der Waals surface area (Å²) in [4.78, 5) is 25.3. The maximum absolute atomic E-state index is 13.0. The number of nitrogens with one attached hydrogen (secondary N) is 1. The highest BCUT2D eigenvalue weighted by atomic mass is 16.5. The lowest BCUT2D eigenvalue weighted by atomic mass is 10.1. The van der Waals surface area contributed by atoms with Crippen LogP contribution in [-0.2, 0) is 16.6 Å². The molecule has 4 aromatic rings. The number of nitrogens with zero attached hydrogens (tertiary/aromatic N) is 4. The van der Waals surface area contributed by atoms with Crippen molar-refractivity contribution in [3.05, 3.63) is 78.1 Å². The number of esters is 1. The van der Waals surface area contributed by atoms with Crippen molar-refractivity contribution in [1.29, 1.82) is 0 Å². The van der Waals surface area contributed by atoms with Crippen molar-refractivity contribution in [2.75, 3.05) is 19.0 Å². The molecule has 0 unspecified atom stereocenters. The quantitative estimate of drug-likeness (QED) is 0.438. The molecule has 0 radical (unpaired) electrons. The highest BCUT2D eigenvalue weighted by Crippen LogP contribution is 2.32. The molecular formula is C24H23N5O4. The largest absolute Gasteiger partial charge is 0.496 e. The highest BCUT2D eigenvalue weighted by molar-refractivity contribution is 5.99. The smallest absolute Gasteiger partial charge is 0.342 e. The van der Waals surface area contributed by atoms with E-state index in [0.29, 0.717) is 22.8 Å². The summed E-state index contributed by atoms with van der Waals surface area (Å²) >= 11 is 0. The Hall–Kier alpha value is -4.40. The monoisotopic (exact) mass is 445 g/mol. The van der Waals surface area contributed by atoms with E-state index in [9.17, 15) is 9.59 Å². The number of ether oxygens (including phenoxy) is 2. The zero-order chi connectivity index (χ0) is 23.4. The van der Waals surface area contributed by atoms with Gasteiger partial charge in [-0.2, -0.15) is 10.2 Å². The molecule has 2 heterocycles. The minimum atomic E-state index is -0.672. The van der Waals surface area contributed by atoms with Gasteiger partial charge in [-0.05, 0) is 31.2 Å². The van der Waals surface area contributed by atoms with Crippen LogP contribution in [0.25, 0.3) is 16.9 Å². The van der Waals surface area contributed by atoms with E-state index in [-0.39, 0.29) is 5.56 Å². The van der Waals surface area contributed by atoms with Crippen LogP contribution >= 0.6 is 0 Å². The second-order valence-corrected chi connectivity index (χ2v) is 7.29. The topological polar surface area (TPSA) is 100 Å². The van der Waals surface area contributed by atoms with Crippen molar-refractivity contribution in [2.45, 2.75) is 6.92 Å². The van der Waals surface area contributed by atoms with Gasteiger partial charge in [-0.25, -0.2) is 9.48 Å². The second-order valence-electron chi connectivity index (χ2n) is 7.29. The van der Waals surface area contributed by atoms with E-state index in [0.717, 1.165) is 11.4 Å². The number of carbonyl (C=O) groups is 2. The number of carbonyl (C=O) groups excluding carboxylic acids is 2. The molecule has 0 aliphatic rings. The van der Waals surface area contributed by atoms with Crippen LogP contribution in [0.3, 0.4) is 0 Å². The second kappa shape index (κ2) is 9.39. The van der Waals surface area contributed by atoms with E-state index in [4.69, 9.17) is 9.47 Å². The summed E-state index contributed by atoms with van der Waals surface area (Å²) in [6, 6.07) is 18.4. The number of methoxy groups -OCH3 is 1. The first kappa shape index (κ1) is 21.8. The van der Waals surface area contributed by atoms with Crippen molar-refractivity contribution >= 4 is 17.7 Å². The number of aromatic nitrogens is 4. The van der Waals surface area contributed by atoms with Gasteiger partial charge in [0.1, 0.15) is 22.8 Å². The van der Waals surface area contributed by atoms with Crippen LogP contribution in [0.5, 0.6) is 5.75 Å². The molecule has 0 fully saturated rings. The molecule has 2 aromatic carbocycles. The molecule has 0 saturated carbocycles. The summed E-state index contributed by atoms with van der Waals surface area (Å²) in [5, 5.41) is 11.5. The Balaban J connectivity index is 1.60. The Morgan fingerprint density at radius 2 is 1.76 bits per heavy atom. The summed E-state index contributed by atoms with van der Waals surface area (Å²) in [6.45, 7) is 1.37. The fourth-order valence-electron chi connectivity index (χ4n) is 3.39. The molecule has 0 spiro atoms. The summed E-state index contributed by atoms with van der Waals surface area (Å²) < 4.78 is 13.9. The lowest BCUT2D eigenvalue weighted by Crippen LogP contribution is -2.22. The summed E-state index contributed by atoms with van der Waals surface area (Å²) in [5.41, 5.74) is 2.78. The van der Waals surface area contributed by atoms with Gasteiger partial charge < -0.3 is 14.8 Å². The predicted molar refractivity (Wildman–Crippen MR) is 122 cm³/mol. The van der Waals surface area contributed by atoms with Crippen LogP contribution in [-0.4, -0.2) is 45.2 Å². The van der Waals surface area contributed by atoms with Crippen LogP contribution in [0.2, 0.25) is 0 Å². The molecular weight excluding hydrogens is 422 g/mol. The first-order chi connectivity index (χ1) is 16.0. The molecule has 0 aliphatic heterocycles. The number of rotatable bonds is 7. The Bertz CT molecular complexity index is 1290. The molecule has 9 heteroatoms. The average Bonchev–Trinajstić information content (AvgIpc) is 3.41. The van der Waals surface area contributed by atoms with E-state index < -0.39 is 18.5 Å². The zero-order valence-corrected chi connectivity index (χ0v) is 18.5. The summed E-state index contributed by atoms with van der Waals surface area (Å²) in [6.07, 6.45) is 1.59. The minimum absolute atomic E-state index is 0.215. The number of anilines is 1. The highest BCUT2D eigenvalue weighted by Gasteiger charge is 2.23. The molecule has 168 valence electrons. The van der Waals surface area contributed by atoms with Crippen molar-refractivity contribution in [2.24, 2.45) is 7.05 Å². The molecule has 1 amide bonds. The minimum Gasteiger partial charge on any atom is -0.496 e. The Kier molecular flexibility index (Phi) is 6.21. The molecule has 2 aromatic heterocycles. The van der Waals surface area contributed by atoms with Gasteiger partial charge in [-0.15, -0.1) is 0 Å². The maximum atomic E-state index is 13.0. The van der Waals surface area contributed by atoms with E-state index >= 15 is 0 Å². The number of benzene rings is 2. The lowest BCUT2D eigenvalue weighted by molar-refractivity contribution is -0.119. The van der Waals surface area contributed by atoms with Crippen molar-refractivity contribution < 1.29 is 19.1 Å². The standard InChI is InChI=1S/C24H23N5O4/c1-16-13-21(28(2)26-16)25-22(30)15-33-24(31)19-14-29(17-9-5-4-6-10-17)27-23(19)18-11-7-8-12-20(18)32-3/h4-14H,15H2,1-3H3,(H,25,30). The Labute approximate surface area is 190 Å². The van der Waals surface area contributed by atoms with E-state index in [2.05, 4.69) is 15.5 Å². The lowest BCUT2D eigenvalue weighted by Gasteiger charge is -2.08. The van der Waals surface area contributed by atoms with Gasteiger partial charge in [0.05, 0.1) is 18.5 Å². The SMILES string of the molecule is COc1ccccc1-c1nn(-c2ccccc2)cc1C(=O)OCC(=O)Nc1cc(C)nn1C. The third-order valence-corrected chi connectivity index (χ3v) is 4.92. The molecule has 33 heavy (non-hydrogen) atoms. The van der Waals surface area contributed by atoms with Crippen LogP contribution < -0.4 is 10.1 Å². The molecule has 0 saturated heterocycles. The Morgan fingerprint density at radius 3 is 2.45 bits per heavy atom. The molecule has 0 atom stereocenters. The van der Waals surface area contributed by atoms with Gasteiger partial charge in [0.2, 0.25) is 0 Å². The van der Waals surface area contributed by atoms with Crippen molar-refractivity contribution in [1.82, 2.24) is 19.6 Å². The van der Waals surface area contributed by atoms with E-state index in [1.165, 1.54) is 0 Å². The molecule has 4 rings (SSSR count). The third-order valence-electron chi connectivity index (χ3n) is 4.92. The number of hydrogen-bond acceptors (Lipinski definition) is 6. The van der Waals surface area contributed by atoms with E-state index in [1.54, 1.807) is 41.9 Å². The van der Waals surface area contributed by atoms with Crippen molar-refractivity contribution in [3.8, 4) is 22.7 Å². The van der Waals surface area contributed by atoms with Gasteiger partial charge >= 0.3 is 5.97 Å². The van der Waals surface area contributed by atoms with E-state index in [1.807, 2.05) is 55.5 Å². The van der Waals surface area contributed by atoms with Crippen LogP contribution in [0.15, 0.2) is 66.9 Å². The van der Waals surface area contributed by atoms with Crippen LogP contribution in [0, 0.1) is 6.92 Å². The van der Waals surface area contributed by atoms with Crippen molar-refractivity contribution in [3.63, 3.8) is 0 Å². The molecule has 0 aliphatic carbocycles. The van der Waals surface area contributed by atoms with Gasteiger partial charge in [-0.3, -0.25) is 9.48 Å². The fraction of sp³-hybridized carbons (Fsp3) is 0.167. The first-order valence-electron chi connectivity index (χ1n) is 10.2. The molecule has 1 N–H and O–H groups in total. The van der Waals surface area contributed by atoms with Crippen LogP contribution in [0.1, 0.15) is 16.1 Å². The summed E-state index contributed by atoms with van der Waals surface area (Å²) in [5.74, 6) is -0.0654. The number of hydrogen-bond donors (Lipinski definition) is 1. The van der Waals surface area contributed by atoms with Crippen LogP contribution in [0.4, 0.5) is 5.82 Å². The zero-order valence-electron chi connectivity index (χ0n) is 18.5. The third kappa shape index (κ3) is 4.77. The maximum Gasteiger partial charge on any atom is 0.342 e. The predicted octanol–water partition coefficient (Wildman–Crippen LogP) is 3.39. The summed E-state index contributed by atoms with van der Waals surface area (Å²) in [7, 11) is 3.27. The number of para-hydroxylation sites is 2. The van der Waals surface area contributed by atoms with Gasteiger partial charge in [0, 0.05) is 24.9 Å². The number of aryl methyl sites for hydroxylation is 2. The molecule has 0 bridgehead atoms.